The molecule has 7 nitrogen and oxygen atoms in total. The summed E-state index contributed by atoms with van der Waals surface area (Å²) in [6.45, 7) is 5.06. The van der Waals surface area contributed by atoms with Crippen LogP contribution in [0.5, 0.6) is 0 Å². The second-order valence-corrected chi connectivity index (χ2v) is 10.0. The van der Waals surface area contributed by atoms with Gasteiger partial charge in [0, 0.05) is 13.7 Å². The zero-order valence-electron chi connectivity index (χ0n) is 21.8. The van der Waals surface area contributed by atoms with Gasteiger partial charge in [0.15, 0.2) is 0 Å². The van der Waals surface area contributed by atoms with Crippen LogP contribution in [0, 0.1) is 0 Å². The van der Waals surface area contributed by atoms with Gasteiger partial charge >= 0.3 is 7.82 Å². The summed E-state index contributed by atoms with van der Waals surface area (Å²) in [6, 6.07) is 0. The van der Waals surface area contributed by atoms with Crippen molar-refractivity contribution >= 4 is 7.82 Å². The molecule has 0 saturated carbocycles. The van der Waals surface area contributed by atoms with E-state index in [9.17, 15) is 4.57 Å². The Morgan fingerprint density at radius 3 is 1.94 bits per heavy atom. The monoisotopic (exact) mass is 480 g/mol. The molecular formula is C24H53N2O5P. The number of phosphoric ester groups is 1. The zero-order chi connectivity index (χ0) is 24.5. The highest BCUT2D eigenvalue weighted by atomic mass is 31.2. The predicted octanol–water partition coefficient (Wildman–Crippen LogP) is 6.14. The Hall–Kier alpha value is -0.270. The van der Waals surface area contributed by atoms with Gasteiger partial charge in [-0.3, -0.25) is 18.9 Å². The lowest BCUT2D eigenvalue weighted by Gasteiger charge is -2.18. The van der Waals surface area contributed by atoms with Crippen LogP contribution in [0.4, 0.5) is 0 Å². The van der Waals surface area contributed by atoms with Crippen molar-refractivity contribution in [3.8, 4) is 0 Å². The van der Waals surface area contributed by atoms with Gasteiger partial charge in [-0.1, -0.05) is 83.3 Å². The maximum atomic E-state index is 11.8. The second-order valence-electron chi connectivity index (χ2n) is 8.26. The number of phosphoric acid groups is 1. The number of aliphatic hydroxyl groups is 1. The van der Waals surface area contributed by atoms with E-state index in [2.05, 4.69) is 35.8 Å². The Balaban J connectivity index is 0. The highest BCUT2D eigenvalue weighted by molar-refractivity contribution is 7.48. The molecule has 0 aromatic heterocycles. The predicted molar refractivity (Wildman–Crippen MR) is 136 cm³/mol. The first-order valence-electron chi connectivity index (χ1n) is 12.4. The minimum atomic E-state index is -3.55. The summed E-state index contributed by atoms with van der Waals surface area (Å²) >= 11 is 0. The summed E-state index contributed by atoms with van der Waals surface area (Å²) in [4.78, 5) is 1.88. The van der Waals surface area contributed by atoms with Crippen LogP contribution in [-0.4, -0.2) is 64.2 Å². The van der Waals surface area contributed by atoms with Crippen LogP contribution in [0.15, 0.2) is 12.2 Å². The van der Waals surface area contributed by atoms with E-state index in [1.807, 2.05) is 19.0 Å². The number of likely N-dealkylation sites (N-methyl/N-ethyl adjacent to an activating group) is 2. The molecule has 2 atom stereocenters. The molecule has 32 heavy (non-hydrogen) atoms. The number of hydrogen-bond acceptors (Lipinski definition) is 7. The van der Waals surface area contributed by atoms with E-state index in [4.69, 9.17) is 14.2 Å². The van der Waals surface area contributed by atoms with Crippen LogP contribution >= 0.6 is 7.82 Å². The first-order chi connectivity index (χ1) is 15.3. The van der Waals surface area contributed by atoms with Crippen molar-refractivity contribution in [1.29, 1.82) is 0 Å². The standard InChI is InChI=1S/C16H32.C8H21N2O5P/c1-3-5-7-9-11-13-15-16-14-12-10-8-6-4-2;1-9-8(11)7-15-16(12,13-4)14-6-5-10(2)3/h3,5H,4,6-16H2,1-2H3;8-9,11H,5-7H2,1-4H3/b5-3+;. The first-order valence-corrected chi connectivity index (χ1v) is 13.9. The van der Waals surface area contributed by atoms with E-state index in [1.54, 1.807) is 7.05 Å². The molecule has 2 N–H and O–H groups in total. The summed E-state index contributed by atoms with van der Waals surface area (Å²) in [7, 11) is 2.98. The van der Waals surface area contributed by atoms with Crippen molar-refractivity contribution in [2.45, 2.75) is 97.1 Å². The number of nitrogens with zero attached hydrogens (tertiary/aromatic N) is 1. The summed E-state index contributed by atoms with van der Waals surface area (Å²) < 4.78 is 26.3. The largest absolute Gasteiger partial charge is 0.474 e. The third kappa shape index (κ3) is 26.0. The van der Waals surface area contributed by atoms with E-state index < -0.39 is 14.1 Å². The third-order valence-corrected chi connectivity index (χ3v) is 6.36. The summed E-state index contributed by atoms with van der Waals surface area (Å²) in [5, 5.41) is 11.7. The van der Waals surface area contributed by atoms with Crippen molar-refractivity contribution < 1.29 is 23.2 Å². The lowest BCUT2D eigenvalue weighted by molar-refractivity contribution is 0.0517. The van der Waals surface area contributed by atoms with Crippen molar-refractivity contribution in [2.24, 2.45) is 0 Å². The fourth-order valence-electron chi connectivity index (χ4n) is 2.82. The minimum absolute atomic E-state index is 0.163. The number of allylic oxidation sites excluding steroid dienone is 2. The summed E-state index contributed by atoms with van der Waals surface area (Å²) in [5.41, 5.74) is 0. The molecule has 0 radical (unpaired) electrons. The summed E-state index contributed by atoms with van der Waals surface area (Å²) in [5.74, 6) is 0. The molecule has 0 amide bonds. The smallest absolute Gasteiger partial charge is 0.376 e. The van der Waals surface area contributed by atoms with Gasteiger partial charge < -0.3 is 10.0 Å². The third-order valence-electron chi connectivity index (χ3n) is 4.95. The molecule has 0 heterocycles. The van der Waals surface area contributed by atoms with Crippen LogP contribution in [0.3, 0.4) is 0 Å². The molecule has 194 valence electrons. The second kappa shape index (κ2) is 25.4. The molecule has 0 aliphatic rings. The van der Waals surface area contributed by atoms with E-state index in [0.717, 1.165) is 0 Å². The quantitative estimate of drug-likeness (QED) is 0.0884. The zero-order valence-corrected chi connectivity index (χ0v) is 22.7. The van der Waals surface area contributed by atoms with Gasteiger partial charge in [-0.25, -0.2) is 4.57 Å². The van der Waals surface area contributed by atoms with Gasteiger partial charge in [-0.15, -0.1) is 0 Å². The van der Waals surface area contributed by atoms with Crippen molar-refractivity contribution in [1.82, 2.24) is 10.2 Å². The molecule has 0 fully saturated rings. The summed E-state index contributed by atoms with van der Waals surface area (Å²) in [6.07, 6.45) is 20.7. The Labute approximate surface area is 198 Å². The number of aliphatic hydroxyl groups excluding tert-OH is 1. The van der Waals surface area contributed by atoms with Gasteiger partial charge in [0.25, 0.3) is 0 Å². The fourth-order valence-corrected chi connectivity index (χ4v) is 3.73. The molecule has 0 aromatic rings. The minimum Gasteiger partial charge on any atom is -0.376 e. The van der Waals surface area contributed by atoms with E-state index >= 15 is 0 Å². The SMILES string of the molecule is C/C=C/CCCCCCCCCCCCC.CNC(O)COP(=O)(OC)OCCN(C)C. The Morgan fingerprint density at radius 2 is 1.50 bits per heavy atom. The number of nitrogens with one attached hydrogen (secondary N) is 1. The lowest BCUT2D eigenvalue weighted by Crippen LogP contribution is -2.29. The normalized spacial score (nSPS) is 14.4. The van der Waals surface area contributed by atoms with Gasteiger partial charge in [0.05, 0.1) is 13.2 Å². The Kier molecular flexibility index (Phi) is 26.9. The topological polar surface area (TPSA) is 80.3 Å². The van der Waals surface area contributed by atoms with Crippen LogP contribution < -0.4 is 5.32 Å². The van der Waals surface area contributed by atoms with E-state index in [0.29, 0.717) is 6.54 Å². The highest BCUT2D eigenvalue weighted by Crippen LogP contribution is 2.48. The molecule has 0 aromatic carbocycles. The maximum absolute atomic E-state index is 11.8. The molecule has 0 aliphatic heterocycles. The van der Waals surface area contributed by atoms with Gasteiger partial charge in [0.1, 0.15) is 6.23 Å². The molecule has 0 spiro atoms. The van der Waals surface area contributed by atoms with Crippen LogP contribution in [0.2, 0.25) is 0 Å². The van der Waals surface area contributed by atoms with E-state index in [-0.39, 0.29) is 13.2 Å². The highest BCUT2D eigenvalue weighted by Gasteiger charge is 2.25. The average Bonchev–Trinajstić information content (AvgIpc) is 2.78. The average molecular weight is 481 g/mol. The molecule has 0 rings (SSSR count). The molecule has 2 unspecified atom stereocenters. The Bertz CT molecular complexity index is 450. The Morgan fingerprint density at radius 1 is 0.969 bits per heavy atom. The molecule has 8 heteroatoms. The molecule has 0 saturated heterocycles. The molecule has 0 bridgehead atoms. The van der Waals surface area contributed by atoms with Crippen molar-refractivity contribution in [2.75, 3.05) is 48.0 Å². The lowest BCUT2D eigenvalue weighted by atomic mass is 10.1. The van der Waals surface area contributed by atoms with Gasteiger partial charge in [-0.2, -0.15) is 0 Å². The van der Waals surface area contributed by atoms with Crippen LogP contribution in [0.1, 0.15) is 90.9 Å². The molecule has 0 aliphatic carbocycles. The number of rotatable bonds is 21. The maximum Gasteiger partial charge on any atom is 0.474 e. The molecular weight excluding hydrogens is 427 g/mol. The van der Waals surface area contributed by atoms with Crippen LogP contribution in [-0.2, 0) is 18.1 Å². The number of unbranched alkanes of at least 4 members (excludes halogenated alkanes) is 11. The fraction of sp³-hybridized carbons (Fsp3) is 0.917. The van der Waals surface area contributed by atoms with Crippen LogP contribution in [0.25, 0.3) is 0 Å². The van der Waals surface area contributed by atoms with E-state index in [1.165, 1.54) is 84.2 Å². The number of hydrogen-bond donors (Lipinski definition) is 2. The van der Waals surface area contributed by atoms with Crippen molar-refractivity contribution in [3.63, 3.8) is 0 Å². The van der Waals surface area contributed by atoms with Crippen molar-refractivity contribution in [3.05, 3.63) is 12.2 Å². The van der Waals surface area contributed by atoms with Gasteiger partial charge in [0.2, 0.25) is 0 Å². The van der Waals surface area contributed by atoms with Gasteiger partial charge in [-0.05, 0) is 40.9 Å². The first kappa shape index (κ1) is 33.9.